The van der Waals surface area contributed by atoms with Crippen LogP contribution < -0.4 is 0 Å². The summed E-state index contributed by atoms with van der Waals surface area (Å²) >= 11 is 0. The van der Waals surface area contributed by atoms with Crippen LogP contribution in [0, 0.1) is 0 Å². The van der Waals surface area contributed by atoms with E-state index in [4.69, 9.17) is 4.74 Å². The van der Waals surface area contributed by atoms with E-state index in [0.29, 0.717) is 25.2 Å². The minimum Gasteiger partial charge on any atom is -0.466 e. The number of hydrogen-bond donors (Lipinski definition) is 0. The molecule has 0 aliphatic heterocycles. The number of carbonyl (C=O) groups is 1. The minimum absolute atomic E-state index is 0.292. The van der Waals surface area contributed by atoms with Crippen molar-refractivity contribution in [1.82, 2.24) is 4.98 Å². The van der Waals surface area contributed by atoms with Crippen molar-refractivity contribution in [3.8, 4) is 0 Å². The number of esters is 1. The van der Waals surface area contributed by atoms with Crippen molar-refractivity contribution in [1.29, 1.82) is 0 Å². The molecule has 0 N–H and O–H groups in total. The molecule has 0 atom stereocenters. The van der Waals surface area contributed by atoms with Gasteiger partial charge in [0.15, 0.2) is 0 Å². The maximum Gasteiger partial charge on any atom is 0.333 e. The predicted molar refractivity (Wildman–Crippen MR) is 64.3 cm³/mol. The van der Waals surface area contributed by atoms with E-state index in [0.717, 1.165) is 5.56 Å². The van der Waals surface area contributed by atoms with E-state index in [-0.39, 0.29) is 5.97 Å². The van der Waals surface area contributed by atoms with Crippen molar-refractivity contribution >= 4 is 5.97 Å². The van der Waals surface area contributed by atoms with Crippen LogP contribution in [0.3, 0.4) is 0 Å². The van der Waals surface area contributed by atoms with Crippen molar-refractivity contribution in [2.75, 3.05) is 13.7 Å². The molecule has 1 heterocycles. The summed E-state index contributed by atoms with van der Waals surface area (Å²) in [4.78, 5) is 15.2. The van der Waals surface area contributed by atoms with E-state index in [1.165, 1.54) is 7.11 Å². The van der Waals surface area contributed by atoms with Gasteiger partial charge in [0.05, 0.1) is 20.3 Å². The maximum atomic E-state index is 11.3. The van der Waals surface area contributed by atoms with Crippen molar-refractivity contribution in [3.63, 3.8) is 0 Å². The highest BCUT2D eigenvalue weighted by molar-refractivity contribution is 5.88. The third kappa shape index (κ3) is 4.78. The highest BCUT2D eigenvalue weighted by atomic mass is 16.5. The van der Waals surface area contributed by atoms with Crippen LogP contribution in [0.2, 0.25) is 0 Å². The Balaban J connectivity index is 2.36. The fourth-order valence-electron chi connectivity index (χ4n) is 1.32. The Morgan fingerprint density at radius 3 is 2.71 bits per heavy atom. The summed E-state index contributed by atoms with van der Waals surface area (Å²) in [6.45, 7) is 2.82. The van der Waals surface area contributed by atoms with E-state index in [1.807, 2.05) is 19.1 Å². The summed E-state index contributed by atoms with van der Waals surface area (Å²) in [7, 11) is 1.38. The first-order chi connectivity index (χ1) is 8.27. The monoisotopic (exact) mass is 235 g/mol. The van der Waals surface area contributed by atoms with Crippen LogP contribution >= 0.6 is 0 Å². The topological polar surface area (TPSA) is 48.4 Å². The molecule has 0 unspecified atom stereocenters. The Labute approximate surface area is 101 Å². The molecule has 4 heteroatoms. The average molecular weight is 235 g/mol. The number of pyridine rings is 1. The van der Waals surface area contributed by atoms with Crippen molar-refractivity contribution in [2.45, 2.75) is 20.0 Å². The molecule has 4 nitrogen and oxygen atoms in total. The molecule has 0 aliphatic carbocycles. The SMILES string of the molecule is CC/C(=C/COCc1ccncc1)C(=O)OC. The molecule has 17 heavy (non-hydrogen) atoms. The lowest BCUT2D eigenvalue weighted by Gasteiger charge is -2.04. The molecular weight excluding hydrogens is 218 g/mol. The molecule has 0 saturated heterocycles. The smallest absolute Gasteiger partial charge is 0.333 e. The zero-order valence-electron chi connectivity index (χ0n) is 10.2. The number of methoxy groups -OCH3 is 1. The van der Waals surface area contributed by atoms with E-state index in [9.17, 15) is 4.79 Å². The lowest BCUT2D eigenvalue weighted by molar-refractivity contribution is -0.136. The highest BCUT2D eigenvalue weighted by Crippen LogP contribution is 2.04. The largest absolute Gasteiger partial charge is 0.466 e. The Kier molecular flexibility index (Phi) is 5.96. The Morgan fingerprint density at radius 2 is 2.12 bits per heavy atom. The molecule has 0 aromatic carbocycles. The molecule has 0 spiro atoms. The van der Waals surface area contributed by atoms with Gasteiger partial charge in [-0.3, -0.25) is 4.98 Å². The molecular formula is C13H17NO3. The second-order valence-electron chi connectivity index (χ2n) is 3.45. The number of aromatic nitrogens is 1. The van der Waals surface area contributed by atoms with E-state index < -0.39 is 0 Å². The highest BCUT2D eigenvalue weighted by Gasteiger charge is 2.05. The minimum atomic E-state index is -0.292. The summed E-state index contributed by atoms with van der Waals surface area (Å²) in [5, 5.41) is 0. The number of hydrogen-bond acceptors (Lipinski definition) is 4. The first-order valence-corrected chi connectivity index (χ1v) is 5.52. The summed E-state index contributed by atoms with van der Waals surface area (Å²) in [6, 6.07) is 3.79. The van der Waals surface area contributed by atoms with Gasteiger partial charge in [-0.15, -0.1) is 0 Å². The quantitative estimate of drug-likeness (QED) is 0.430. The van der Waals surface area contributed by atoms with Crippen molar-refractivity contribution < 1.29 is 14.3 Å². The second-order valence-corrected chi connectivity index (χ2v) is 3.45. The average Bonchev–Trinajstić information content (AvgIpc) is 2.39. The van der Waals surface area contributed by atoms with E-state index in [1.54, 1.807) is 18.5 Å². The summed E-state index contributed by atoms with van der Waals surface area (Å²) in [5.41, 5.74) is 1.70. The molecule has 92 valence electrons. The van der Waals surface area contributed by atoms with Crippen LogP contribution in [0.15, 0.2) is 36.2 Å². The van der Waals surface area contributed by atoms with Crippen molar-refractivity contribution in [3.05, 3.63) is 41.7 Å². The third-order valence-corrected chi connectivity index (χ3v) is 2.29. The normalized spacial score (nSPS) is 11.3. The van der Waals surface area contributed by atoms with Crippen LogP contribution in [0.1, 0.15) is 18.9 Å². The number of carbonyl (C=O) groups excluding carboxylic acids is 1. The molecule has 0 radical (unpaired) electrons. The molecule has 0 fully saturated rings. The zero-order chi connectivity index (χ0) is 12.5. The van der Waals surface area contributed by atoms with Gasteiger partial charge in [0.2, 0.25) is 0 Å². The number of ether oxygens (including phenoxy) is 2. The van der Waals surface area contributed by atoms with Crippen LogP contribution in [-0.4, -0.2) is 24.7 Å². The van der Waals surface area contributed by atoms with Crippen LogP contribution in [0.5, 0.6) is 0 Å². The molecule has 0 saturated carbocycles. The van der Waals surface area contributed by atoms with Crippen LogP contribution in [0.25, 0.3) is 0 Å². The van der Waals surface area contributed by atoms with E-state index in [2.05, 4.69) is 9.72 Å². The molecule has 0 aliphatic rings. The van der Waals surface area contributed by atoms with E-state index >= 15 is 0 Å². The fraction of sp³-hybridized carbons (Fsp3) is 0.385. The summed E-state index contributed by atoms with van der Waals surface area (Å²) < 4.78 is 10.1. The second kappa shape index (κ2) is 7.57. The Morgan fingerprint density at radius 1 is 1.41 bits per heavy atom. The van der Waals surface area contributed by atoms with Gasteiger partial charge in [-0.25, -0.2) is 4.79 Å². The number of nitrogens with zero attached hydrogens (tertiary/aromatic N) is 1. The zero-order valence-corrected chi connectivity index (χ0v) is 10.2. The Bertz CT molecular complexity index is 374. The van der Waals surface area contributed by atoms with Gasteiger partial charge >= 0.3 is 5.97 Å². The van der Waals surface area contributed by atoms with Crippen LogP contribution in [0.4, 0.5) is 0 Å². The van der Waals surface area contributed by atoms with Crippen LogP contribution in [-0.2, 0) is 20.9 Å². The van der Waals surface area contributed by atoms with Gasteiger partial charge < -0.3 is 9.47 Å². The molecule has 1 aromatic heterocycles. The van der Waals surface area contributed by atoms with Gasteiger partial charge in [-0.1, -0.05) is 6.92 Å². The van der Waals surface area contributed by atoms with Gasteiger partial charge in [0.1, 0.15) is 0 Å². The standard InChI is InChI=1S/C13H17NO3/c1-3-12(13(15)16-2)6-9-17-10-11-4-7-14-8-5-11/h4-8H,3,9-10H2,1-2H3/b12-6-. The summed E-state index contributed by atoms with van der Waals surface area (Å²) in [6.07, 6.45) is 5.85. The maximum absolute atomic E-state index is 11.3. The Hall–Kier alpha value is -1.68. The van der Waals surface area contributed by atoms with Gasteiger partial charge in [0.25, 0.3) is 0 Å². The lowest BCUT2D eigenvalue weighted by atomic mass is 10.2. The molecule has 1 aromatic rings. The predicted octanol–water partition coefficient (Wildman–Crippen LogP) is 2.11. The lowest BCUT2D eigenvalue weighted by Crippen LogP contribution is -2.05. The number of rotatable bonds is 6. The first-order valence-electron chi connectivity index (χ1n) is 5.52. The van der Waals surface area contributed by atoms with Crippen molar-refractivity contribution in [2.24, 2.45) is 0 Å². The molecule has 0 bridgehead atoms. The third-order valence-electron chi connectivity index (χ3n) is 2.29. The molecule has 1 rings (SSSR count). The molecule has 0 amide bonds. The summed E-state index contributed by atoms with van der Waals surface area (Å²) in [5.74, 6) is -0.292. The fourth-order valence-corrected chi connectivity index (χ4v) is 1.32. The first kappa shape index (κ1) is 13.4. The van der Waals surface area contributed by atoms with Gasteiger partial charge in [0, 0.05) is 18.0 Å². The van der Waals surface area contributed by atoms with Gasteiger partial charge in [-0.2, -0.15) is 0 Å². The van der Waals surface area contributed by atoms with Gasteiger partial charge in [-0.05, 0) is 30.2 Å².